The van der Waals surface area contributed by atoms with E-state index in [1.807, 2.05) is 17.0 Å². The molecule has 1 amide bonds. The number of piperazine rings is 1. The normalized spacial score (nSPS) is 14.5. The number of carbonyl (C=O) groups excluding carboxylic acids is 1. The number of hydrogen-bond acceptors (Lipinski definition) is 6. The maximum atomic E-state index is 12.5. The van der Waals surface area contributed by atoms with Gasteiger partial charge < -0.3 is 19.3 Å². The Balaban J connectivity index is 1.38. The van der Waals surface area contributed by atoms with Gasteiger partial charge in [-0.2, -0.15) is 4.98 Å². The third-order valence-corrected chi connectivity index (χ3v) is 5.27. The number of hydrogen-bond donors (Lipinski definition) is 0. The summed E-state index contributed by atoms with van der Waals surface area (Å²) in [6.07, 6.45) is 2.89. The molecule has 1 aromatic carbocycles. The molecule has 1 fully saturated rings. The zero-order valence-corrected chi connectivity index (χ0v) is 18.4. The largest absolute Gasteiger partial charge is 0.494 e. The van der Waals surface area contributed by atoms with Crippen molar-refractivity contribution in [3.05, 3.63) is 42.1 Å². The number of rotatable bonds is 7. The molecule has 162 valence electrons. The Morgan fingerprint density at radius 3 is 2.40 bits per heavy atom. The minimum Gasteiger partial charge on any atom is -0.494 e. The first-order valence-corrected chi connectivity index (χ1v) is 10.5. The van der Waals surface area contributed by atoms with Crippen LogP contribution in [0.4, 0.5) is 5.95 Å². The summed E-state index contributed by atoms with van der Waals surface area (Å²) >= 11 is 0. The number of benzene rings is 1. The minimum absolute atomic E-state index is 0.133. The van der Waals surface area contributed by atoms with E-state index in [4.69, 9.17) is 9.47 Å². The summed E-state index contributed by atoms with van der Waals surface area (Å²) < 4.78 is 11.0. The van der Waals surface area contributed by atoms with Crippen LogP contribution < -0.4 is 14.4 Å². The van der Waals surface area contributed by atoms with E-state index in [0.717, 1.165) is 18.8 Å². The van der Waals surface area contributed by atoms with E-state index in [0.29, 0.717) is 44.4 Å². The summed E-state index contributed by atoms with van der Waals surface area (Å²) in [7, 11) is 1.59. The van der Waals surface area contributed by atoms with Crippen LogP contribution in [0, 0.1) is 0 Å². The smallest absolute Gasteiger partial charge is 0.228 e. The molecule has 0 saturated carbocycles. The second-order valence-electron chi connectivity index (χ2n) is 8.49. The Labute approximate surface area is 179 Å². The molecule has 0 aliphatic carbocycles. The summed E-state index contributed by atoms with van der Waals surface area (Å²) in [5.41, 5.74) is 1.41. The van der Waals surface area contributed by atoms with Crippen molar-refractivity contribution >= 4 is 11.9 Å². The lowest BCUT2D eigenvalue weighted by molar-refractivity contribution is -0.131. The Kier molecular flexibility index (Phi) is 7.13. The monoisotopic (exact) mass is 412 g/mol. The van der Waals surface area contributed by atoms with Crippen molar-refractivity contribution in [2.24, 2.45) is 0 Å². The standard InChI is InChI=1S/C23H32N4O3/c1-23(2,3)18-7-9-19(10-8-18)30-17-5-6-21(28)26-13-15-27(16-14-26)22-24-12-11-20(25-22)29-4/h7-12H,5-6,13-17H2,1-4H3. The molecule has 7 nitrogen and oxygen atoms in total. The second-order valence-corrected chi connectivity index (χ2v) is 8.49. The van der Waals surface area contributed by atoms with Gasteiger partial charge in [0.05, 0.1) is 13.7 Å². The fraction of sp³-hybridized carbons (Fsp3) is 0.522. The molecule has 0 spiro atoms. The zero-order chi connectivity index (χ0) is 21.6. The average Bonchev–Trinajstić information content (AvgIpc) is 2.76. The first-order chi connectivity index (χ1) is 14.4. The van der Waals surface area contributed by atoms with Crippen molar-refractivity contribution < 1.29 is 14.3 Å². The highest BCUT2D eigenvalue weighted by atomic mass is 16.5. The molecule has 30 heavy (non-hydrogen) atoms. The molecule has 7 heteroatoms. The predicted octanol–water partition coefficient (Wildman–Crippen LogP) is 3.29. The molecule has 0 atom stereocenters. The highest BCUT2D eigenvalue weighted by molar-refractivity contribution is 5.76. The number of aromatic nitrogens is 2. The first-order valence-electron chi connectivity index (χ1n) is 10.5. The van der Waals surface area contributed by atoms with Crippen molar-refractivity contribution in [3.63, 3.8) is 0 Å². The van der Waals surface area contributed by atoms with Gasteiger partial charge in [0.2, 0.25) is 17.7 Å². The van der Waals surface area contributed by atoms with Crippen LogP contribution in [0.3, 0.4) is 0 Å². The van der Waals surface area contributed by atoms with Crippen LogP contribution in [-0.2, 0) is 10.2 Å². The third kappa shape index (κ3) is 5.84. The van der Waals surface area contributed by atoms with Gasteiger partial charge in [-0.3, -0.25) is 4.79 Å². The number of methoxy groups -OCH3 is 1. The summed E-state index contributed by atoms with van der Waals surface area (Å²) in [6.45, 7) is 9.90. The lowest BCUT2D eigenvalue weighted by atomic mass is 9.87. The molecule has 1 aliphatic rings. The number of carbonyl (C=O) groups is 1. The van der Waals surface area contributed by atoms with Crippen LogP contribution in [-0.4, -0.2) is 60.7 Å². The van der Waals surface area contributed by atoms with Crippen LogP contribution >= 0.6 is 0 Å². The molecule has 1 saturated heterocycles. The van der Waals surface area contributed by atoms with Crippen molar-refractivity contribution in [3.8, 4) is 11.6 Å². The van der Waals surface area contributed by atoms with Crippen molar-refractivity contribution in [1.82, 2.24) is 14.9 Å². The summed E-state index contributed by atoms with van der Waals surface area (Å²) in [6, 6.07) is 9.94. The molecule has 0 bridgehead atoms. The topological polar surface area (TPSA) is 67.8 Å². The molecular formula is C23H32N4O3. The van der Waals surface area contributed by atoms with E-state index in [1.165, 1.54) is 5.56 Å². The quantitative estimate of drug-likeness (QED) is 0.650. The van der Waals surface area contributed by atoms with Crippen LogP contribution in [0.25, 0.3) is 0 Å². The molecule has 0 radical (unpaired) electrons. The maximum absolute atomic E-state index is 12.5. The Bertz CT molecular complexity index is 825. The van der Waals surface area contributed by atoms with E-state index in [1.54, 1.807) is 19.4 Å². The molecular weight excluding hydrogens is 380 g/mol. The van der Waals surface area contributed by atoms with E-state index < -0.39 is 0 Å². The van der Waals surface area contributed by atoms with Crippen LogP contribution in [0.5, 0.6) is 11.6 Å². The maximum Gasteiger partial charge on any atom is 0.228 e. The van der Waals surface area contributed by atoms with Gasteiger partial charge in [-0.15, -0.1) is 0 Å². The van der Waals surface area contributed by atoms with Gasteiger partial charge in [-0.05, 0) is 29.5 Å². The van der Waals surface area contributed by atoms with Crippen molar-refractivity contribution in [2.75, 3.05) is 44.8 Å². The Morgan fingerprint density at radius 1 is 1.07 bits per heavy atom. The first kappa shape index (κ1) is 21.9. The predicted molar refractivity (Wildman–Crippen MR) is 117 cm³/mol. The van der Waals surface area contributed by atoms with Gasteiger partial charge in [0.1, 0.15) is 5.75 Å². The van der Waals surface area contributed by atoms with Crippen molar-refractivity contribution in [2.45, 2.75) is 39.0 Å². The van der Waals surface area contributed by atoms with Crippen LogP contribution in [0.15, 0.2) is 36.5 Å². The minimum atomic E-state index is 0.133. The number of ether oxygens (including phenoxy) is 2. The zero-order valence-electron chi connectivity index (χ0n) is 18.4. The molecule has 2 aromatic rings. The highest BCUT2D eigenvalue weighted by Gasteiger charge is 2.22. The number of anilines is 1. The highest BCUT2D eigenvalue weighted by Crippen LogP contribution is 2.24. The van der Waals surface area contributed by atoms with E-state index in [2.05, 4.69) is 47.8 Å². The molecule has 1 aromatic heterocycles. The van der Waals surface area contributed by atoms with Gasteiger partial charge in [-0.25, -0.2) is 4.98 Å². The third-order valence-electron chi connectivity index (χ3n) is 5.27. The molecule has 0 unspecified atom stereocenters. The Hall–Kier alpha value is -2.83. The SMILES string of the molecule is COc1ccnc(N2CCN(C(=O)CCCOc3ccc(C(C)(C)C)cc3)CC2)n1. The van der Waals surface area contributed by atoms with Gasteiger partial charge in [-0.1, -0.05) is 32.9 Å². The lowest BCUT2D eigenvalue weighted by Crippen LogP contribution is -2.49. The van der Waals surface area contributed by atoms with Crippen LogP contribution in [0.2, 0.25) is 0 Å². The summed E-state index contributed by atoms with van der Waals surface area (Å²) in [5, 5.41) is 0. The van der Waals surface area contributed by atoms with Gasteiger partial charge in [0, 0.05) is 44.9 Å². The van der Waals surface area contributed by atoms with E-state index in [-0.39, 0.29) is 11.3 Å². The van der Waals surface area contributed by atoms with Gasteiger partial charge >= 0.3 is 0 Å². The number of nitrogens with zero attached hydrogens (tertiary/aromatic N) is 4. The van der Waals surface area contributed by atoms with Crippen molar-refractivity contribution in [1.29, 1.82) is 0 Å². The molecule has 3 rings (SSSR count). The Morgan fingerprint density at radius 2 is 1.77 bits per heavy atom. The summed E-state index contributed by atoms with van der Waals surface area (Å²) in [4.78, 5) is 25.2. The second kappa shape index (κ2) is 9.78. The van der Waals surface area contributed by atoms with Gasteiger partial charge in [0.15, 0.2) is 0 Å². The van der Waals surface area contributed by atoms with E-state index in [9.17, 15) is 4.79 Å². The molecule has 2 heterocycles. The van der Waals surface area contributed by atoms with E-state index >= 15 is 0 Å². The molecule has 1 aliphatic heterocycles. The summed E-state index contributed by atoms with van der Waals surface area (Å²) in [5.74, 6) is 2.22. The lowest BCUT2D eigenvalue weighted by Gasteiger charge is -2.34. The fourth-order valence-corrected chi connectivity index (χ4v) is 3.38. The van der Waals surface area contributed by atoms with Gasteiger partial charge in [0.25, 0.3) is 0 Å². The molecule has 0 N–H and O–H groups in total. The number of amides is 1. The fourth-order valence-electron chi connectivity index (χ4n) is 3.38. The van der Waals surface area contributed by atoms with Crippen LogP contribution in [0.1, 0.15) is 39.2 Å². The average molecular weight is 413 g/mol.